The second-order valence-corrected chi connectivity index (χ2v) is 4.47. The molecule has 0 fully saturated rings. The first-order chi connectivity index (χ1) is 9.43. The van der Waals surface area contributed by atoms with Gasteiger partial charge in [-0.15, -0.1) is 0 Å². The van der Waals surface area contributed by atoms with Gasteiger partial charge in [-0.3, -0.25) is 9.59 Å². The highest BCUT2D eigenvalue weighted by atomic mass is 19.1. The van der Waals surface area contributed by atoms with Crippen LogP contribution in [-0.4, -0.2) is 29.8 Å². The van der Waals surface area contributed by atoms with E-state index in [0.29, 0.717) is 12.6 Å². The van der Waals surface area contributed by atoms with Crippen molar-refractivity contribution < 1.29 is 18.4 Å². The maximum Gasteiger partial charge on any atom is 0.244 e. The Kier molecular flexibility index (Phi) is 6.09. The van der Waals surface area contributed by atoms with Crippen molar-refractivity contribution in [2.75, 3.05) is 18.4 Å². The van der Waals surface area contributed by atoms with Gasteiger partial charge in [0.05, 0.1) is 12.2 Å². The predicted molar refractivity (Wildman–Crippen MR) is 72.1 cm³/mol. The molecule has 110 valence electrons. The zero-order valence-electron chi connectivity index (χ0n) is 11.6. The second kappa shape index (κ2) is 7.57. The lowest BCUT2D eigenvalue weighted by molar-refractivity contribution is -0.132. The van der Waals surface area contributed by atoms with Crippen LogP contribution in [0.2, 0.25) is 0 Å². The van der Waals surface area contributed by atoms with Gasteiger partial charge in [0.1, 0.15) is 11.6 Å². The molecule has 0 aliphatic carbocycles. The molecule has 0 unspecified atom stereocenters. The quantitative estimate of drug-likeness (QED) is 0.872. The van der Waals surface area contributed by atoms with Gasteiger partial charge in [0.25, 0.3) is 0 Å². The number of carbonyl (C=O) groups excluding carboxylic acids is 2. The molecule has 0 saturated carbocycles. The summed E-state index contributed by atoms with van der Waals surface area (Å²) in [5, 5.41) is 2.32. The van der Waals surface area contributed by atoms with E-state index in [9.17, 15) is 18.4 Å². The summed E-state index contributed by atoms with van der Waals surface area (Å²) in [6.45, 7) is 3.69. The van der Waals surface area contributed by atoms with E-state index in [2.05, 4.69) is 5.32 Å². The van der Waals surface area contributed by atoms with Crippen LogP contribution in [0.25, 0.3) is 0 Å². The van der Waals surface area contributed by atoms with Crippen molar-refractivity contribution in [1.82, 2.24) is 4.90 Å². The third-order valence-electron chi connectivity index (χ3n) is 2.77. The van der Waals surface area contributed by atoms with Crippen molar-refractivity contribution in [3.63, 3.8) is 0 Å². The van der Waals surface area contributed by atoms with Gasteiger partial charge in [0, 0.05) is 19.5 Å². The molecule has 1 N–H and O–H groups in total. The summed E-state index contributed by atoms with van der Waals surface area (Å²) in [5.74, 6) is -2.29. The van der Waals surface area contributed by atoms with E-state index in [0.717, 1.165) is 25.0 Å². The molecule has 4 nitrogen and oxygen atoms in total. The van der Waals surface area contributed by atoms with Crippen molar-refractivity contribution >= 4 is 17.5 Å². The molecule has 0 heterocycles. The first-order valence-electron chi connectivity index (χ1n) is 6.44. The highest BCUT2D eigenvalue weighted by Gasteiger charge is 2.14. The molecule has 0 saturated heterocycles. The Hall–Kier alpha value is -1.98. The zero-order chi connectivity index (χ0) is 15.1. The lowest BCUT2D eigenvalue weighted by Crippen LogP contribution is -2.37. The Morgan fingerprint density at radius 1 is 1.30 bits per heavy atom. The van der Waals surface area contributed by atoms with Gasteiger partial charge in [0.15, 0.2) is 0 Å². The van der Waals surface area contributed by atoms with Crippen LogP contribution >= 0.6 is 0 Å². The fourth-order valence-corrected chi connectivity index (χ4v) is 1.65. The van der Waals surface area contributed by atoms with Gasteiger partial charge in [-0.05, 0) is 18.6 Å². The molecule has 20 heavy (non-hydrogen) atoms. The van der Waals surface area contributed by atoms with E-state index in [-0.39, 0.29) is 18.1 Å². The predicted octanol–water partition coefficient (Wildman–Crippen LogP) is 2.55. The number of anilines is 1. The maximum atomic E-state index is 13.4. The first kappa shape index (κ1) is 16.1. The van der Waals surface area contributed by atoms with E-state index in [4.69, 9.17) is 0 Å². The molecule has 0 atom stereocenters. The first-order valence-corrected chi connectivity index (χ1v) is 6.44. The van der Waals surface area contributed by atoms with Gasteiger partial charge >= 0.3 is 0 Å². The van der Waals surface area contributed by atoms with E-state index in [1.54, 1.807) is 0 Å². The van der Waals surface area contributed by atoms with E-state index in [1.165, 1.54) is 11.8 Å². The molecule has 1 aromatic carbocycles. The minimum atomic E-state index is -0.846. The van der Waals surface area contributed by atoms with E-state index in [1.807, 2.05) is 6.92 Å². The van der Waals surface area contributed by atoms with Crippen LogP contribution in [0.4, 0.5) is 14.5 Å². The summed E-state index contributed by atoms with van der Waals surface area (Å²) in [7, 11) is 0. The van der Waals surface area contributed by atoms with Gasteiger partial charge < -0.3 is 10.2 Å². The number of halogens is 2. The van der Waals surface area contributed by atoms with Crippen molar-refractivity contribution in [3.05, 3.63) is 29.8 Å². The zero-order valence-corrected chi connectivity index (χ0v) is 11.6. The van der Waals surface area contributed by atoms with Crippen LogP contribution in [0.3, 0.4) is 0 Å². The number of nitrogens with zero attached hydrogens (tertiary/aromatic N) is 1. The third kappa shape index (κ3) is 4.95. The second-order valence-electron chi connectivity index (χ2n) is 4.47. The number of rotatable bonds is 6. The molecule has 0 aliphatic heterocycles. The average molecular weight is 284 g/mol. The minimum Gasteiger partial charge on any atom is -0.334 e. The lowest BCUT2D eigenvalue weighted by Gasteiger charge is -2.20. The smallest absolute Gasteiger partial charge is 0.244 e. The molecule has 1 rings (SSSR count). The number of hydrogen-bond donors (Lipinski definition) is 1. The van der Waals surface area contributed by atoms with Crippen LogP contribution in [-0.2, 0) is 9.59 Å². The third-order valence-corrected chi connectivity index (χ3v) is 2.77. The summed E-state index contributed by atoms with van der Waals surface area (Å²) in [6.07, 6.45) is 1.69. The maximum absolute atomic E-state index is 13.4. The Morgan fingerprint density at radius 3 is 2.55 bits per heavy atom. The molecule has 1 aromatic rings. The van der Waals surface area contributed by atoms with Crippen molar-refractivity contribution in [1.29, 1.82) is 0 Å². The van der Waals surface area contributed by atoms with Crippen molar-refractivity contribution in [3.8, 4) is 0 Å². The highest BCUT2D eigenvalue weighted by Crippen LogP contribution is 2.14. The summed E-state index contributed by atoms with van der Waals surface area (Å²) in [4.78, 5) is 24.5. The Labute approximate surface area is 116 Å². The number of unbranched alkanes of at least 4 members (excludes halogenated alkanes) is 1. The summed E-state index contributed by atoms with van der Waals surface area (Å²) in [5.41, 5.74) is -0.101. The largest absolute Gasteiger partial charge is 0.334 e. The summed E-state index contributed by atoms with van der Waals surface area (Å²) >= 11 is 0. The standard InChI is InChI=1S/C14H18F2N2O2/c1-3-4-7-18(10(2)19)9-14(20)17-13-6-5-11(15)8-12(13)16/h5-6,8H,3-4,7,9H2,1-2H3,(H,17,20). The van der Waals surface area contributed by atoms with Crippen LogP contribution < -0.4 is 5.32 Å². The molecule has 2 amide bonds. The molecule has 0 radical (unpaired) electrons. The number of benzene rings is 1. The minimum absolute atomic E-state index is 0.101. The SMILES string of the molecule is CCCCN(CC(=O)Nc1ccc(F)cc1F)C(C)=O. The highest BCUT2D eigenvalue weighted by molar-refractivity contribution is 5.94. The van der Waals surface area contributed by atoms with Gasteiger partial charge in [-0.25, -0.2) is 8.78 Å². The van der Waals surface area contributed by atoms with E-state index >= 15 is 0 Å². The topological polar surface area (TPSA) is 49.4 Å². The normalized spacial score (nSPS) is 10.2. The Bertz CT molecular complexity index is 492. The lowest BCUT2D eigenvalue weighted by atomic mass is 10.3. The molecule has 0 spiro atoms. The van der Waals surface area contributed by atoms with E-state index < -0.39 is 17.5 Å². The summed E-state index contributed by atoms with van der Waals surface area (Å²) in [6, 6.07) is 2.89. The molecule has 6 heteroatoms. The fourth-order valence-electron chi connectivity index (χ4n) is 1.65. The van der Waals surface area contributed by atoms with Crippen molar-refractivity contribution in [2.45, 2.75) is 26.7 Å². The number of carbonyl (C=O) groups is 2. The Morgan fingerprint density at radius 2 is 2.00 bits per heavy atom. The number of nitrogens with one attached hydrogen (secondary N) is 1. The van der Waals surface area contributed by atoms with Crippen LogP contribution in [0, 0.1) is 11.6 Å². The van der Waals surface area contributed by atoms with Crippen molar-refractivity contribution in [2.24, 2.45) is 0 Å². The van der Waals surface area contributed by atoms with Crippen LogP contribution in [0.5, 0.6) is 0 Å². The fraction of sp³-hybridized carbons (Fsp3) is 0.429. The molecule has 0 bridgehead atoms. The Balaban J connectivity index is 2.63. The molecule has 0 aromatic heterocycles. The van der Waals surface area contributed by atoms with Gasteiger partial charge in [0.2, 0.25) is 11.8 Å². The number of hydrogen-bond acceptors (Lipinski definition) is 2. The van der Waals surface area contributed by atoms with Crippen LogP contribution in [0.1, 0.15) is 26.7 Å². The van der Waals surface area contributed by atoms with Gasteiger partial charge in [-0.1, -0.05) is 13.3 Å². The monoisotopic (exact) mass is 284 g/mol. The average Bonchev–Trinajstić information content (AvgIpc) is 2.37. The molecular weight excluding hydrogens is 266 g/mol. The van der Waals surface area contributed by atoms with Crippen LogP contribution in [0.15, 0.2) is 18.2 Å². The summed E-state index contributed by atoms with van der Waals surface area (Å²) < 4.78 is 26.1. The van der Waals surface area contributed by atoms with Gasteiger partial charge in [-0.2, -0.15) is 0 Å². The molecule has 0 aliphatic rings. The number of amides is 2. The molecular formula is C14H18F2N2O2.